The molecule has 1 unspecified atom stereocenters. The number of nitrogens with one attached hydrogen (secondary N) is 1. The molecule has 3 N–H and O–H groups in total. The molecule has 0 saturated heterocycles. The zero-order chi connectivity index (χ0) is 16.7. The highest BCUT2D eigenvalue weighted by Crippen LogP contribution is 2.30. The van der Waals surface area contributed by atoms with Crippen LogP contribution in [-0.2, 0) is 16.1 Å². The van der Waals surface area contributed by atoms with Gasteiger partial charge in [-0.3, -0.25) is 9.59 Å². The van der Waals surface area contributed by atoms with Crippen molar-refractivity contribution in [2.75, 3.05) is 0 Å². The fourth-order valence-corrected chi connectivity index (χ4v) is 3.08. The first-order valence-electron chi connectivity index (χ1n) is 7.43. The molecule has 0 aliphatic rings. The quantitative estimate of drug-likeness (QED) is 0.821. The molecule has 2 aromatic rings. The summed E-state index contributed by atoms with van der Waals surface area (Å²) in [5.74, 6) is -1.04. The Kier molecular flexibility index (Phi) is 6.23. The topological polar surface area (TPSA) is 72.2 Å². The number of nitrogens with two attached hydrogens (primary N) is 1. The third-order valence-corrected chi connectivity index (χ3v) is 4.48. The molecule has 0 fully saturated rings. The minimum Gasteiger partial charge on any atom is -0.370 e. The molecule has 0 radical (unpaired) electrons. The summed E-state index contributed by atoms with van der Waals surface area (Å²) < 4.78 is 0. The fraction of sp³-hybridized carbons (Fsp3) is 0.222. The van der Waals surface area contributed by atoms with Gasteiger partial charge >= 0.3 is 0 Å². The molecule has 5 heteroatoms. The van der Waals surface area contributed by atoms with Crippen molar-refractivity contribution >= 4 is 23.6 Å². The van der Waals surface area contributed by atoms with Crippen molar-refractivity contribution in [2.45, 2.75) is 29.7 Å². The molecule has 0 aliphatic heterocycles. The van der Waals surface area contributed by atoms with Gasteiger partial charge in [-0.1, -0.05) is 55.1 Å². The number of benzene rings is 2. The van der Waals surface area contributed by atoms with Gasteiger partial charge in [-0.15, -0.1) is 0 Å². The predicted molar refractivity (Wildman–Crippen MR) is 91.8 cm³/mol. The Hall–Kier alpha value is -2.27. The van der Waals surface area contributed by atoms with Gasteiger partial charge in [-0.05, 0) is 23.8 Å². The van der Waals surface area contributed by atoms with E-state index >= 15 is 0 Å². The molecule has 23 heavy (non-hydrogen) atoms. The van der Waals surface area contributed by atoms with E-state index < -0.39 is 11.8 Å². The van der Waals surface area contributed by atoms with Crippen LogP contribution in [-0.4, -0.2) is 11.8 Å². The summed E-state index contributed by atoms with van der Waals surface area (Å²) in [6.07, 6.45) is 0.0618. The Morgan fingerprint density at radius 1 is 1.09 bits per heavy atom. The normalized spacial score (nSPS) is 11.7. The van der Waals surface area contributed by atoms with Gasteiger partial charge < -0.3 is 11.1 Å². The fourth-order valence-electron chi connectivity index (χ4n) is 2.12. The van der Waals surface area contributed by atoms with Crippen molar-refractivity contribution in [3.8, 4) is 0 Å². The summed E-state index contributed by atoms with van der Waals surface area (Å²) in [5.41, 5.74) is 6.17. The minimum absolute atomic E-state index is 0.0618. The second-order valence-corrected chi connectivity index (χ2v) is 6.43. The Bertz CT molecular complexity index is 674. The third-order valence-electron chi connectivity index (χ3n) is 3.35. The monoisotopic (exact) mass is 328 g/mol. The number of carbonyl (C=O) groups is 2. The first-order valence-corrected chi connectivity index (χ1v) is 8.24. The molecule has 4 nitrogen and oxygen atoms in total. The maximum atomic E-state index is 12.0. The second-order valence-electron chi connectivity index (χ2n) is 5.31. The van der Waals surface area contributed by atoms with E-state index in [4.69, 9.17) is 5.73 Å². The van der Waals surface area contributed by atoms with Crippen LogP contribution < -0.4 is 11.1 Å². The first kappa shape index (κ1) is 17.1. The minimum atomic E-state index is -0.465. The summed E-state index contributed by atoms with van der Waals surface area (Å²) in [6, 6.07) is 18.0. The third kappa shape index (κ3) is 5.45. The molecule has 2 amide bonds. The summed E-state index contributed by atoms with van der Waals surface area (Å²) >= 11 is 1.66. The Morgan fingerprint density at radius 2 is 1.74 bits per heavy atom. The Morgan fingerprint density at radius 3 is 2.43 bits per heavy atom. The second kappa shape index (κ2) is 8.39. The molecular formula is C18H20N2O2S. The van der Waals surface area contributed by atoms with Gasteiger partial charge in [0.15, 0.2) is 0 Å². The summed E-state index contributed by atoms with van der Waals surface area (Å²) in [5, 5.41) is 2.87. The van der Waals surface area contributed by atoms with E-state index in [0.717, 1.165) is 15.4 Å². The van der Waals surface area contributed by atoms with Gasteiger partial charge in [-0.2, -0.15) is 0 Å². The highest BCUT2D eigenvalue weighted by Gasteiger charge is 2.15. The number of hydrogen-bond donors (Lipinski definition) is 2. The molecule has 0 spiro atoms. The van der Waals surface area contributed by atoms with Crippen LogP contribution in [0.3, 0.4) is 0 Å². The molecule has 0 bridgehead atoms. The van der Waals surface area contributed by atoms with Crippen LogP contribution in [0.4, 0.5) is 0 Å². The van der Waals surface area contributed by atoms with Gasteiger partial charge in [0.1, 0.15) is 0 Å². The molecule has 0 saturated carbocycles. The highest BCUT2D eigenvalue weighted by molar-refractivity contribution is 7.99. The Balaban J connectivity index is 2.00. The zero-order valence-electron chi connectivity index (χ0n) is 13.0. The van der Waals surface area contributed by atoms with Crippen LogP contribution in [0, 0.1) is 5.92 Å². The number of amides is 2. The van der Waals surface area contributed by atoms with Crippen LogP contribution in [0.2, 0.25) is 0 Å². The standard InChI is InChI=1S/C18H20N2O2S/c1-13(11-17(19)21)18(22)20-12-14-7-5-6-10-16(14)23-15-8-3-2-4-9-15/h2-10,13H,11-12H2,1H3,(H2,19,21)(H,20,22). The lowest BCUT2D eigenvalue weighted by Crippen LogP contribution is -2.31. The van der Waals surface area contributed by atoms with E-state index in [-0.39, 0.29) is 12.3 Å². The number of hydrogen-bond acceptors (Lipinski definition) is 3. The van der Waals surface area contributed by atoms with Crippen molar-refractivity contribution in [2.24, 2.45) is 11.7 Å². The van der Waals surface area contributed by atoms with E-state index in [1.807, 2.05) is 42.5 Å². The van der Waals surface area contributed by atoms with Crippen LogP contribution in [0.5, 0.6) is 0 Å². The van der Waals surface area contributed by atoms with Crippen molar-refractivity contribution in [1.29, 1.82) is 0 Å². The van der Waals surface area contributed by atoms with Gasteiger partial charge in [0.25, 0.3) is 0 Å². The van der Waals surface area contributed by atoms with Crippen molar-refractivity contribution in [3.63, 3.8) is 0 Å². The predicted octanol–water partition coefficient (Wildman–Crippen LogP) is 2.97. The molecule has 0 aromatic heterocycles. The van der Waals surface area contributed by atoms with Crippen LogP contribution in [0.15, 0.2) is 64.4 Å². The average molecular weight is 328 g/mol. The summed E-state index contributed by atoms with van der Waals surface area (Å²) in [6.45, 7) is 2.13. The van der Waals surface area contributed by atoms with Gasteiger partial charge in [0.05, 0.1) is 0 Å². The lowest BCUT2D eigenvalue weighted by atomic mass is 10.1. The Labute approximate surface area is 140 Å². The highest BCUT2D eigenvalue weighted by atomic mass is 32.2. The summed E-state index contributed by atoms with van der Waals surface area (Å²) in [4.78, 5) is 25.1. The van der Waals surface area contributed by atoms with Crippen LogP contribution in [0.1, 0.15) is 18.9 Å². The molecule has 1 atom stereocenters. The number of primary amides is 1. The molecular weight excluding hydrogens is 308 g/mol. The lowest BCUT2D eigenvalue weighted by molar-refractivity contribution is -0.128. The first-order chi connectivity index (χ1) is 11.1. The largest absolute Gasteiger partial charge is 0.370 e. The van der Waals surface area contributed by atoms with E-state index in [1.54, 1.807) is 18.7 Å². The van der Waals surface area contributed by atoms with Crippen LogP contribution >= 0.6 is 11.8 Å². The van der Waals surface area contributed by atoms with E-state index in [9.17, 15) is 9.59 Å². The van der Waals surface area contributed by atoms with Gasteiger partial charge in [-0.25, -0.2) is 0 Å². The maximum absolute atomic E-state index is 12.0. The maximum Gasteiger partial charge on any atom is 0.223 e. The molecule has 2 aromatic carbocycles. The molecule has 0 aliphatic carbocycles. The SMILES string of the molecule is CC(CC(N)=O)C(=O)NCc1ccccc1Sc1ccccc1. The zero-order valence-corrected chi connectivity index (χ0v) is 13.8. The van der Waals surface area contributed by atoms with Gasteiger partial charge in [0.2, 0.25) is 11.8 Å². The van der Waals surface area contributed by atoms with Crippen LogP contribution in [0.25, 0.3) is 0 Å². The molecule has 0 heterocycles. The average Bonchev–Trinajstić information content (AvgIpc) is 2.54. The molecule has 2 rings (SSSR count). The van der Waals surface area contributed by atoms with Gasteiger partial charge in [0, 0.05) is 28.7 Å². The van der Waals surface area contributed by atoms with E-state index in [2.05, 4.69) is 17.4 Å². The lowest BCUT2D eigenvalue weighted by Gasteiger charge is -2.13. The van der Waals surface area contributed by atoms with E-state index in [0.29, 0.717) is 6.54 Å². The summed E-state index contributed by atoms with van der Waals surface area (Å²) in [7, 11) is 0. The van der Waals surface area contributed by atoms with Crippen molar-refractivity contribution in [1.82, 2.24) is 5.32 Å². The van der Waals surface area contributed by atoms with Crippen molar-refractivity contribution < 1.29 is 9.59 Å². The van der Waals surface area contributed by atoms with E-state index in [1.165, 1.54) is 0 Å². The number of rotatable bonds is 7. The smallest absolute Gasteiger partial charge is 0.223 e. The van der Waals surface area contributed by atoms with Crippen molar-refractivity contribution in [3.05, 3.63) is 60.2 Å². The molecule has 120 valence electrons. The number of carbonyl (C=O) groups excluding carboxylic acids is 2.